The Hall–Kier alpha value is -4.29. The van der Waals surface area contributed by atoms with Crippen molar-refractivity contribution in [3.63, 3.8) is 0 Å². The first-order valence-corrected chi connectivity index (χ1v) is 17.9. The van der Waals surface area contributed by atoms with E-state index >= 15 is 0 Å². The monoisotopic (exact) mass is 688 g/mol. The lowest BCUT2D eigenvalue weighted by atomic mass is 10.1. The van der Waals surface area contributed by atoms with Crippen molar-refractivity contribution in [1.29, 1.82) is 0 Å². The molecule has 1 aliphatic heterocycles. The number of carbonyl (C=O) groups excluding carboxylic acids is 2. The smallest absolute Gasteiger partial charge is 0.330 e. The molecule has 3 fully saturated rings. The minimum atomic E-state index is -1.46. The standard InChI is InChI=1S/C37H44N4O7S/c1-5-7-8-9-10-11-29(42)35(44)41-19-24(16-28(41)33(43)40-37(36(45)46)18-23(37)6-2)48-31-17-26(34-39-27(20-49-34)22-12-13-22)38-32-21(3)30(47-4)15-14-25(31)32/h5-6,14-15,17,20,22-24,28-29,42H,1-2,7-13,16,18-19H2,3-4H3,(H,40,43)(H,45,46)/t23-,24-,28+,29?,37-/m1/s1. The zero-order valence-corrected chi connectivity index (χ0v) is 28.8. The Morgan fingerprint density at radius 2 is 1.98 bits per heavy atom. The molecule has 2 aromatic heterocycles. The molecule has 260 valence electrons. The topological polar surface area (TPSA) is 151 Å². The average molecular weight is 689 g/mol. The number of carbonyl (C=O) groups is 3. The number of aliphatic carboxylic acids is 1. The summed E-state index contributed by atoms with van der Waals surface area (Å²) in [6, 6.07) is 4.54. The number of aliphatic hydroxyl groups is 1. The summed E-state index contributed by atoms with van der Waals surface area (Å²) in [5.74, 6) is -1.05. The van der Waals surface area contributed by atoms with Gasteiger partial charge >= 0.3 is 5.97 Å². The normalized spacial score (nSPS) is 23.6. The van der Waals surface area contributed by atoms with Crippen LogP contribution in [0.1, 0.15) is 75.0 Å². The number of likely N-dealkylation sites (tertiary alicyclic amines) is 1. The summed E-state index contributed by atoms with van der Waals surface area (Å²) in [6.07, 6.45) is 7.51. The minimum absolute atomic E-state index is 0.0345. The maximum Gasteiger partial charge on any atom is 0.330 e. The van der Waals surface area contributed by atoms with Gasteiger partial charge in [0.15, 0.2) is 0 Å². The molecule has 1 unspecified atom stereocenters. The van der Waals surface area contributed by atoms with Crippen molar-refractivity contribution in [3.05, 3.63) is 60.1 Å². The van der Waals surface area contributed by atoms with Gasteiger partial charge in [0.2, 0.25) is 5.91 Å². The molecule has 11 nitrogen and oxygen atoms in total. The number of hydrogen-bond acceptors (Lipinski definition) is 9. The molecular weight excluding hydrogens is 644 g/mol. The maximum absolute atomic E-state index is 13.8. The first-order chi connectivity index (χ1) is 23.6. The molecule has 2 amide bonds. The molecule has 0 radical (unpaired) electrons. The van der Waals surface area contributed by atoms with Gasteiger partial charge in [-0.1, -0.05) is 25.0 Å². The van der Waals surface area contributed by atoms with Crippen LogP contribution in [0.5, 0.6) is 11.5 Å². The lowest BCUT2D eigenvalue weighted by Gasteiger charge is -2.27. The number of rotatable bonds is 16. The van der Waals surface area contributed by atoms with E-state index < -0.39 is 47.5 Å². The number of unbranched alkanes of at least 4 members (excludes halogenated alkanes) is 3. The summed E-state index contributed by atoms with van der Waals surface area (Å²) in [6.45, 7) is 9.40. The van der Waals surface area contributed by atoms with Gasteiger partial charge in [0, 0.05) is 40.7 Å². The van der Waals surface area contributed by atoms with Gasteiger partial charge in [-0.3, -0.25) is 9.59 Å². The van der Waals surface area contributed by atoms with Crippen molar-refractivity contribution < 1.29 is 34.1 Å². The molecule has 1 saturated heterocycles. The van der Waals surface area contributed by atoms with E-state index in [1.165, 1.54) is 22.3 Å². The number of fused-ring (bicyclic) bond motifs is 1. The van der Waals surface area contributed by atoms with Gasteiger partial charge in [0.05, 0.1) is 24.9 Å². The largest absolute Gasteiger partial charge is 0.496 e. The molecule has 0 bridgehead atoms. The van der Waals surface area contributed by atoms with E-state index in [4.69, 9.17) is 19.4 Å². The molecule has 3 heterocycles. The second-order valence-electron chi connectivity index (χ2n) is 13.4. The molecule has 0 spiro atoms. The summed E-state index contributed by atoms with van der Waals surface area (Å²) in [5, 5.41) is 27.2. The Kier molecular flexibility index (Phi) is 10.1. The van der Waals surface area contributed by atoms with E-state index in [0.717, 1.165) is 53.8 Å². The van der Waals surface area contributed by atoms with Crippen molar-refractivity contribution in [1.82, 2.24) is 20.2 Å². The highest BCUT2D eigenvalue weighted by Crippen LogP contribution is 2.45. The van der Waals surface area contributed by atoms with E-state index in [0.29, 0.717) is 35.0 Å². The number of pyridine rings is 1. The highest BCUT2D eigenvalue weighted by molar-refractivity contribution is 7.13. The molecule has 6 rings (SSSR count). The van der Waals surface area contributed by atoms with Crippen molar-refractivity contribution >= 4 is 40.0 Å². The molecule has 3 aliphatic rings. The first kappa shape index (κ1) is 34.6. The van der Waals surface area contributed by atoms with Crippen LogP contribution in [0, 0.1) is 12.8 Å². The Morgan fingerprint density at radius 1 is 1.18 bits per heavy atom. The van der Waals surface area contributed by atoms with Crippen LogP contribution in [-0.4, -0.2) is 80.3 Å². The van der Waals surface area contributed by atoms with Gasteiger partial charge in [-0.2, -0.15) is 0 Å². The van der Waals surface area contributed by atoms with Gasteiger partial charge in [0.25, 0.3) is 5.91 Å². The van der Waals surface area contributed by atoms with Crippen molar-refractivity contribution in [2.24, 2.45) is 5.92 Å². The van der Waals surface area contributed by atoms with Crippen LogP contribution in [-0.2, 0) is 14.4 Å². The number of nitrogens with one attached hydrogen (secondary N) is 1. The van der Waals surface area contributed by atoms with Gasteiger partial charge in [-0.05, 0) is 57.6 Å². The Bertz CT molecular complexity index is 1770. The van der Waals surface area contributed by atoms with Crippen molar-refractivity contribution in [2.45, 2.75) is 94.4 Å². The number of ether oxygens (including phenoxy) is 2. The molecule has 5 atom stereocenters. The zero-order chi connectivity index (χ0) is 34.9. The van der Waals surface area contributed by atoms with E-state index in [1.54, 1.807) is 7.11 Å². The Morgan fingerprint density at radius 3 is 2.65 bits per heavy atom. The van der Waals surface area contributed by atoms with Crippen LogP contribution < -0.4 is 14.8 Å². The maximum atomic E-state index is 13.8. The minimum Gasteiger partial charge on any atom is -0.496 e. The molecule has 3 N–H and O–H groups in total. The molecular formula is C37H44N4O7S. The van der Waals surface area contributed by atoms with Crippen LogP contribution in [0.15, 0.2) is 48.9 Å². The van der Waals surface area contributed by atoms with Gasteiger partial charge < -0.3 is 29.9 Å². The number of aryl methyl sites for hydroxylation is 1. The van der Waals surface area contributed by atoms with Crippen LogP contribution in [0.2, 0.25) is 0 Å². The molecule has 12 heteroatoms. The number of carboxylic acid groups (broad SMARTS) is 1. The Balaban J connectivity index is 1.29. The first-order valence-electron chi connectivity index (χ1n) is 17.0. The third kappa shape index (κ3) is 7.07. The molecule has 1 aromatic carbocycles. The molecule has 2 aliphatic carbocycles. The number of benzene rings is 1. The fraction of sp³-hybridized carbons (Fsp3) is 0.486. The number of methoxy groups -OCH3 is 1. The highest BCUT2D eigenvalue weighted by Gasteiger charge is 2.61. The predicted molar refractivity (Wildman–Crippen MR) is 187 cm³/mol. The summed E-state index contributed by atoms with van der Waals surface area (Å²) >= 11 is 1.53. The number of amides is 2. The molecule has 3 aromatic rings. The fourth-order valence-electron chi connectivity index (χ4n) is 6.77. The molecule has 49 heavy (non-hydrogen) atoms. The summed E-state index contributed by atoms with van der Waals surface area (Å²) < 4.78 is 12.2. The number of aliphatic hydroxyl groups excluding tert-OH is 1. The van der Waals surface area contributed by atoms with Crippen LogP contribution in [0.25, 0.3) is 21.6 Å². The number of aromatic nitrogens is 2. The third-order valence-corrected chi connectivity index (χ3v) is 10.8. The highest BCUT2D eigenvalue weighted by atomic mass is 32.1. The van der Waals surface area contributed by atoms with E-state index in [1.807, 2.05) is 31.2 Å². The number of hydrogen-bond donors (Lipinski definition) is 3. The number of carboxylic acids is 1. The molecule has 2 saturated carbocycles. The zero-order valence-electron chi connectivity index (χ0n) is 28.0. The van der Waals surface area contributed by atoms with Crippen molar-refractivity contribution in [2.75, 3.05) is 13.7 Å². The van der Waals surface area contributed by atoms with E-state index in [2.05, 4.69) is 23.9 Å². The van der Waals surface area contributed by atoms with Gasteiger partial charge in [-0.15, -0.1) is 24.5 Å². The lowest BCUT2D eigenvalue weighted by molar-refractivity contribution is -0.148. The average Bonchev–Trinajstić information content (AvgIpc) is 3.97. The SMILES string of the molecule is C=CCCCCCC(O)C(=O)N1C[C@H](Oc2cc(-c3nc(C4CC4)cs3)nc3c(C)c(OC)ccc23)C[C@H]1C(=O)N[C@]1(C(=O)O)C[C@H]1C=C. The second-order valence-corrected chi connectivity index (χ2v) is 14.2. The second kappa shape index (κ2) is 14.3. The fourth-order valence-corrected chi connectivity index (χ4v) is 7.63. The van der Waals surface area contributed by atoms with Crippen LogP contribution >= 0.6 is 11.3 Å². The third-order valence-electron chi connectivity index (χ3n) is 9.94. The number of allylic oxidation sites excluding steroid dienone is 1. The van der Waals surface area contributed by atoms with Crippen LogP contribution in [0.4, 0.5) is 0 Å². The van der Waals surface area contributed by atoms with E-state index in [-0.39, 0.29) is 25.8 Å². The number of thiazole rings is 1. The summed E-state index contributed by atoms with van der Waals surface area (Å²) in [5.41, 5.74) is 1.78. The quantitative estimate of drug-likeness (QED) is 0.130. The van der Waals surface area contributed by atoms with Crippen molar-refractivity contribution in [3.8, 4) is 22.2 Å². The van der Waals surface area contributed by atoms with E-state index in [9.17, 15) is 24.6 Å². The van der Waals surface area contributed by atoms with Gasteiger partial charge in [0.1, 0.15) is 46.0 Å². The summed E-state index contributed by atoms with van der Waals surface area (Å²) in [7, 11) is 1.61. The number of nitrogens with zero attached hydrogens (tertiary/aromatic N) is 3. The Labute approximate surface area is 290 Å². The predicted octanol–water partition coefficient (Wildman–Crippen LogP) is 5.54. The van der Waals surface area contributed by atoms with Crippen LogP contribution in [0.3, 0.4) is 0 Å². The lowest BCUT2D eigenvalue weighted by Crippen LogP contribution is -2.54. The summed E-state index contributed by atoms with van der Waals surface area (Å²) in [4.78, 5) is 50.9. The van der Waals surface area contributed by atoms with Gasteiger partial charge in [-0.25, -0.2) is 14.8 Å².